The van der Waals surface area contributed by atoms with Gasteiger partial charge in [0.15, 0.2) is 0 Å². The van der Waals surface area contributed by atoms with Crippen LogP contribution in [-0.2, 0) is 9.53 Å². The minimum atomic E-state index is -0.697. The minimum Gasteiger partial charge on any atom is -0.466 e. The van der Waals surface area contributed by atoms with Gasteiger partial charge in [-0.1, -0.05) is 47.5 Å². The van der Waals surface area contributed by atoms with E-state index in [0.717, 1.165) is 17.3 Å². The number of allylic oxidation sites excluding steroid dienone is 1. The molecule has 33 heavy (non-hydrogen) atoms. The summed E-state index contributed by atoms with van der Waals surface area (Å²) < 4.78 is 5.86. The molecule has 3 N–H and O–H groups in total. The molecular formula is C24H27BrN4O4. The van der Waals surface area contributed by atoms with Crippen molar-refractivity contribution in [3.8, 4) is 0 Å². The van der Waals surface area contributed by atoms with Crippen molar-refractivity contribution in [2.45, 2.75) is 32.7 Å². The van der Waals surface area contributed by atoms with E-state index in [1.807, 2.05) is 19.1 Å². The lowest BCUT2D eigenvalue weighted by molar-refractivity contribution is -0.136. The molecule has 1 aliphatic heterocycles. The normalized spacial score (nSPS) is 15.7. The highest BCUT2D eigenvalue weighted by atomic mass is 79.9. The Kier molecular flexibility index (Phi) is 8.11. The fourth-order valence-electron chi connectivity index (χ4n) is 3.65. The number of hydrogen-bond acceptors (Lipinski definition) is 4. The van der Waals surface area contributed by atoms with Crippen LogP contribution < -0.4 is 16.0 Å². The van der Waals surface area contributed by atoms with Gasteiger partial charge in [-0.15, -0.1) is 0 Å². The number of carbonyl (C=O) groups is 3. The van der Waals surface area contributed by atoms with Crippen LogP contribution in [0.5, 0.6) is 0 Å². The van der Waals surface area contributed by atoms with Crippen molar-refractivity contribution in [3.63, 3.8) is 0 Å². The molecule has 2 aromatic carbocycles. The number of urea groups is 2. The molecule has 9 heteroatoms. The summed E-state index contributed by atoms with van der Waals surface area (Å²) in [6.45, 7) is 4.30. The molecule has 0 aliphatic carbocycles. The summed E-state index contributed by atoms with van der Waals surface area (Å²) >= 11 is 3.37. The third kappa shape index (κ3) is 5.92. The van der Waals surface area contributed by atoms with E-state index < -0.39 is 18.0 Å². The molecular weight excluding hydrogens is 488 g/mol. The number of carbonyl (C=O) groups excluding carboxylic acids is 3. The number of amides is 4. The summed E-state index contributed by atoms with van der Waals surface area (Å²) in [7, 11) is 1.32. The van der Waals surface area contributed by atoms with Crippen LogP contribution in [0.15, 0.2) is 64.3 Å². The van der Waals surface area contributed by atoms with Gasteiger partial charge in [0, 0.05) is 28.1 Å². The Hall–Kier alpha value is -3.33. The van der Waals surface area contributed by atoms with Gasteiger partial charge in [-0.05, 0) is 49.2 Å². The SMILES string of the molecule is CCCCN1C(=O)NC(c2cccc(NC(=O)Nc3cccc(Br)c3)c2)C(C(=O)OC)=C1C. The maximum absolute atomic E-state index is 12.8. The Morgan fingerprint density at radius 2 is 1.79 bits per heavy atom. The molecule has 8 nitrogen and oxygen atoms in total. The fourth-order valence-corrected chi connectivity index (χ4v) is 4.05. The summed E-state index contributed by atoms with van der Waals surface area (Å²) in [5.74, 6) is -0.509. The number of benzene rings is 2. The number of methoxy groups -OCH3 is 1. The number of hydrogen-bond donors (Lipinski definition) is 3. The predicted molar refractivity (Wildman–Crippen MR) is 131 cm³/mol. The highest BCUT2D eigenvalue weighted by molar-refractivity contribution is 9.10. The van der Waals surface area contributed by atoms with Gasteiger partial charge in [0.2, 0.25) is 0 Å². The maximum atomic E-state index is 12.8. The summed E-state index contributed by atoms with van der Waals surface area (Å²) in [4.78, 5) is 39.4. The third-order valence-electron chi connectivity index (χ3n) is 5.30. The molecule has 174 valence electrons. The van der Waals surface area contributed by atoms with Crippen LogP contribution in [0.3, 0.4) is 0 Å². The molecule has 1 aliphatic rings. The van der Waals surface area contributed by atoms with Gasteiger partial charge in [0.1, 0.15) is 0 Å². The monoisotopic (exact) mass is 514 g/mol. The summed E-state index contributed by atoms with van der Waals surface area (Å²) in [6, 6.07) is 12.9. The number of nitrogens with one attached hydrogen (secondary N) is 3. The van der Waals surface area contributed by atoms with E-state index >= 15 is 0 Å². The zero-order chi connectivity index (χ0) is 24.0. The quantitative estimate of drug-likeness (QED) is 0.430. The number of ether oxygens (including phenoxy) is 1. The average Bonchev–Trinajstić information content (AvgIpc) is 2.78. The minimum absolute atomic E-state index is 0.274. The molecule has 0 aromatic heterocycles. The summed E-state index contributed by atoms with van der Waals surface area (Å²) in [6.07, 6.45) is 1.74. The fraction of sp³-hybridized carbons (Fsp3) is 0.292. The van der Waals surface area contributed by atoms with E-state index in [0.29, 0.717) is 34.8 Å². The zero-order valence-electron chi connectivity index (χ0n) is 18.8. The Labute approximate surface area is 201 Å². The topological polar surface area (TPSA) is 99.8 Å². The molecule has 0 saturated carbocycles. The van der Waals surface area contributed by atoms with Gasteiger partial charge >= 0.3 is 18.0 Å². The molecule has 0 fully saturated rings. The molecule has 2 aromatic rings. The van der Waals surface area contributed by atoms with Crippen LogP contribution in [0.1, 0.15) is 38.3 Å². The lowest BCUT2D eigenvalue weighted by Crippen LogP contribution is -2.48. The van der Waals surface area contributed by atoms with E-state index in [1.54, 1.807) is 48.2 Å². The largest absolute Gasteiger partial charge is 0.466 e. The molecule has 4 amide bonds. The van der Waals surface area contributed by atoms with Crippen molar-refractivity contribution in [2.24, 2.45) is 0 Å². The average molecular weight is 515 g/mol. The number of halogens is 1. The van der Waals surface area contributed by atoms with Crippen LogP contribution in [0.25, 0.3) is 0 Å². The highest BCUT2D eigenvalue weighted by Gasteiger charge is 2.36. The number of rotatable bonds is 7. The smallest absolute Gasteiger partial charge is 0.337 e. The Bertz CT molecular complexity index is 1090. The van der Waals surface area contributed by atoms with Gasteiger partial charge in [-0.3, -0.25) is 4.90 Å². The Balaban J connectivity index is 1.85. The predicted octanol–water partition coefficient (Wildman–Crippen LogP) is 5.41. The van der Waals surface area contributed by atoms with Gasteiger partial charge in [0.05, 0.1) is 18.7 Å². The Morgan fingerprint density at radius 3 is 2.42 bits per heavy atom. The molecule has 1 atom stereocenters. The molecule has 1 unspecified atom stereocenters. The van der Waals surface area contributed by atoms with Gasteiger partial charge < -0.3 is 20.7 Å². The van der Waals surface area contributed by atoms with Crippen molar-refractivity contribution in [1.82, 2.24) is 10.2 Å². The molecule has 0 bridgehead atoms. The summed E-state index contributed by atoms with van der Waals surface area (Å²) in [5, 5.41) is 8.46. The van der Waals surface area contributed by atoms with E-state index in [1.165, 1.54) is 7.11 Å². The first kappa shape index (κ1) is 24.3. The van der Waals surface area contributed by atoms with Crippen molar-refractivity contribution in [3.05, 3.63) is 69.8 Å². The molecule has 0 radical (unpaired) electrons. The number of esters is 1. The lowest BCUT2D eigenvalue weighted by atomic mass is 9.94. The standard InChI is InChI=1S/C24H27BrN4O4/c1-4-5-12-29-15(2)20(22(30)33-3)21(28-24(29)32)16-8-6-10-18(13-16)26-23(31)27-19-11-7-9-17(25)14-19/h6-11,13-14,21H,4-5,12H2,1-3H3,(H,28,32)(H2,26,27,31). The first-order valence-electron chi connectivity index (χ1n) is 10.6. The maximum Gasteiger partial charge on any atom is 0.337 e. The van der Waals surface area contributed by atoms with Crippen molar-refractivity contribution in [2.75, 3.05) is 24.3 Å². The second-order valence-electron chi connectivity index (χ2n) is 7.59. The number of unbranched alkanes of at least 4 members (excludes halogenated alkanes) is 1. The van der Waals surface area contributed by atoms with Crippen LogP contribution in [-0.4, -0.2) is 36.6 Å². The van der Waals surface area contributed by atoms with Crippen LogP contribution in [0.2, 0.25) is 0 Å². The third-order valence-corrected chi connectivity index (χ3v) is 5.79. The Morgan fingerprint density at radius 1 is 1.12 bits per heavy atom. The number of nitrogens with zero attached hydrogens (tertiary/aromatic N) is 1. The second kappa shape index (κ2) is 11.0. The van der Waals surface area contributed by atoms with Crippen molar-refractivity contribution in [1.29, 1.82) is 0 Å². The lowest BCUT2D eigenvalue weighted by Gasteiger charge is -2.35. The highest BCUT2D eigenvalue weighted by Crippen LogP contribution is 2.32. The number of anilines is 2. The first-order valence-corrected chi connectivity index (χ1v) is 11.4. The zero-order valence-corrected chi connectivity index (χ0v) is 20.4. The van der Waals surface area contributed by atoms with E-state index in [2.05, 4.69) is 31.9 Å². The van der Waals surface area contributed by atoms with Crippen LogP contribution in [0.4, 0.5) is 21.0 Å². The van der Waals surface area contributed by atoms with Gasteiger partial charge in [-0.2, -0.15) is 0 Å². The van der Waals surface area contributed by atoms with Gasteiger partial charge in [-0.25, -0.2) is 14.4 Å². The van der Waals surface area contributed by atoms with E-state index in [-0.39, 0.29) is 6.03 Å². The van der Waals surface area contributed by atoms with Crippen LogP contribution in [0, 0.1) is 0 Å². The van der Waals surface area contributed by atoms with Crippen molar-refractivity contribution >= 4 is 45.3 Å². The van der Waals surface area contributed by atoms with E-state index in [4.69, 9.17) is 4.74 Å². The summed E-state index contributed by atoms with van der Waals surface area (Å²) in [5.41, 5.74) is 2.73. The van der Waals surface area contributed by atoms with Crippen molar-refractivity contribution < 1.29 is 19.1 Å². The van der Waals surface area contributed by atoms with Gasteiger partial charge in [0.25, 0.3) is 0 Å². The van der Waals surface area contributed by atoms with E-state index in [9.17, 15) is 14.4 Å². The molecule has 0 saturated heterocycles. The molecule has 0 spiro atoms. The van der Waals surface area contributed by atoms with Crippen LogP contribution >= 0.6 is 15.9 Å². The molecule has 1 heterocycles. The second-order valence-corrected chi connectivity index (χ2v) is 8.51. The first-order chi connectivity index (χ1) is 15.8. The molecule has 3 rings (SSSR count).